The zero-order valence-electron chi connectivity index (χ0n) is 12.3. The van der Waals surface area contributed by atoms with Crippen LogP contribution in [0.4, 0.5) is 0 Å². The van der Waals surface area contributed by atoms with Crippen LogP contribution in [0.25, 0.3) is 0 Å². The summed E-state index contributed by atoms with van der Waals surface area (Å²) in [5.74, 6) is 0. The second-order valence-electron chi connectivity index (χ2n) is 4.45. The van der Waals surface area contributed by atoms with E-state index in [-0.39, 0.29) is 16.5 Å². The molecule has 0 aliphatic carbocycles. The molecule has 0 rings (SSSR count). The van der Waals surface area contributed by atoms with Gasteiger partial charge in [0.25, 0.3) is 0 Å². The molecule has 0 spiro atoms. The van der Waals surface area contributed by atoms with Crippen LogP contribution >= 0.6 is 10.5 Å². The first-order valence-electron chi connectivity index (χ1n) is 6.31. The molecule has 3 heteroatoms. The summed E-state index contributed by atoms with van der Waals surface area (Å²) in [7, 11) is 1.93. The molecule has 0 saturated heterocycles. The number of hydrogen-bond donors (Lipinski definition) is 1. The van der Waals surface area contributed by atoms with Crippen LogP contribution in [-0.2, 0) is 0 Å². The van der Waals surface area contributed by atoms with E-state index in [9.17, 15) is 5.21 Å². The van der Waals surface area contributed by atoms with Crippen LogP contribution in [0.2, 0.25) is 0 Å². The second kappa shape index (κ2) is 9.31. The van der Waals surface area contributed by atoms with Gasteiger partial charge in [-0.25, -0.2) is 0 Å². The molecule has 2 nitrogen and oxygen atoms in total. The van der Waals surface area contributed by atoms with Gasteiger partial charge in [-0.2, -0.15) is 15.5 Å². The van der Waals surface area contributed by atoms with Crippen molar-refractivity contribution in [1.29, 1.82) is 0 Å². The SMILES string of the molecule is C=C(/C(C)=C\C/C=C\S(C)=C/CC)C(C)N(C)O. The lowest BCUT2D eigenvalue weighted by molar-refractivity contribution is -0.0852. The number of allylic oxidation sites excluding steroid dienone is 2. The van der Waals surface area contributed by atoms with Crippen LogP contribution in [0.15, 0.2) is 35.3 Å². The Hall–Kier alpha value is -0.640. The molecule has 0 fully saturated rings. The van der Waals surface area contributed by atoms with Crippen molar-refractivity contribution in [2.24, 2.45) is 0 Å². The molecule has 18 heavy (non-hydrogen) atoms. The van der Waals surface area contributed by atoms with Crippen LogP contribution < -0.4 is 0 Å². The van der Waals surface area contributed by atoms with Gasteiger partial charge >= 0.3 is 0 Å². The molecule has 0 aromatic carbocycles. The summed E-state index contributed by atoms with van der Waals surface area (Å²) >= 11 is 0. The Morgan fingerprint density at radius 2 is 2.11 bits per heavy atom. The highest BCUT2D eigenvalue weighted by molar-refractivity contribution is 8.16. The van der Waals surface area contributed by atoms with Crippen LogP contribution in [-0.4, -0.2) is 35.0 Å². The van der Waals surface area contributed by atoms with Crippen molar-refractivity contribution in [3.8, 4) is 0 Å². The molecule has 0 aliphatic heterocycles. The topological polar surface area (TPSA) is 23.5 Å². The molecule has 0 aliphatic rings. The molecule has 2 atom stereocenters. The fourth-order valence-corrected chi connectivity index (χ4v) is 2.51. The van der Waals surface area contributed by atoms with E-state index in [0.29, 0.717) is 0 Å². The first-order valence-corrected chi connectivity index (χ1v) is 8.07. The van der Waals surface area contributed by atoms with Crippen molar-refractivity contribution < 1.29 is 5.21 Å². The molecule has 0 aromatic rings. The summed E-state index contributed by atoms with van der Waals surface area (Å²) in [6, 6.07) is -0.0422. The van der Waals surface area contributed by atoms with Gasteiger partial charge in [0.05, 0.1) is 6.04 Å². The maximum absolute atomic E-state index is 9.37. The molecule has 2 unspecified atom stereocenters. The van der Waals surface area contributed by atoms with Crippen LogP contribution in [0.3, 0.4) is 0 Å². The normalized spacial score (nSPS) is 16.5. The Labute approximate surface area is 115 Å². The lowest BCUT2D eigenvalue weighted by Crippen LogP contribution is -2.27. The van der Waals surface area contributed by atoms with Crippen LogP contribution in [0.5, 0.6) is 0 Å². The highest BCUT2D eigenvalue weighted by atomic mass is 32.2. The van der Waals surface area contributed by atoms with E-state index in [4.69, 9.17) is 0 Å². The molecular formula is C15H27NOS. The molecule has 0 bridgehead atoms. The number of hydrogen-bond acceptors (Lipinski definition) is 2. The lowest BCUT2D eigenvalue weighted by Gasteiger charge is -2.20. The summed E-state index contributed by atoms with van der Waals surface area (Å²) < 4.78 is 0. The quantitative estimate of drug-likeness (QED) is 0.425. The zero-order chi connectivity index (χ0) is 14.1. The van der Waals surface area contributed by atoms with E-state index in [2.05, 4.69) is 42.7 Å². The first-order chi connectivity index (χ1) is 8.40. The van der Waals surface area contributed by atoms with Crippen LogP contribution in [0, 0.1) is 0 Å². The van der Waals surface area contributed by atoms with Crippen molar-refractivity contribution in [3.05, 3.63) is 35.3 Å². The van der Waals surface area contributed by atoms with Crippen molar-refractivity contribution in [2.75, 3.05) is 13.3 Å². The number of rotatable bonds is 7. The highest BCUT2D eigenvalue weighted by Gasteiger charge is 2.10. The summed E-state index contributed by atoms with van der Waals surface area (Å²) in [6.07, 6.45) is 8.61. The molecule has 0 heterocycles. The monoisotopic (exact) mass is 269 g/mol. The fourth-order valence-electron chi connectivity index (χ4n) is 1.46. The largest absolute Gasteiger partial charge is 0.314 e. The van der Waals surface area contributed by atoms with E-state index in [1.165, 1.54) is 5.06 Å². The van der Waals surface area contributed by atoms with Gasteiger partial charge < -0.3 is 5.21 Å². The third kappa shape index (κ3) is 6.94. The van der Waals surface area contributed by atoms with E-state index in [0.717, 1.165) is 24.0 Å². The molecular weight excluding hydrogens is 242 g/mol. The Morgan fingerprint density at radius 1 is 1.50 bits per heavy atom. The van der Waals surface area contributed by atoms with Gasteiger partial charge in [-0.3, -0.25) is 0 Å². The Bertz CT molecular complexity index is 354. The average Bonchev–Trinajstić information content (AvgIpc) is 2.32. The molecule has 0 saturated carbocycles. The Morgan fingerprint density at radius 3 is 2.61 bits per heavy atom. The molecule has 0 aromatic heterocycles. The number of likely N-dealkylation sites (N-methyl/N-ethyl adjacent to an activating group) is 1. The van der Waals surface area contributed by atoms with Crippen LogP contribution in [0.1, 0.15) is 33.6 Å². The van der Waals surface area contributed by atoms with Gasteiger partial charge in [-0.1, -0.05) is 36.6 Å². The van der Waals surface area contributed by atoms with Gasteiger partial charge in [-0.15, -0.1) is 0 Å². The predicted octanol–water partition coefficient (Wildman–Crippen LogP) is 4.21. The van der Waals surface area contributed by atoms with Crippen molar-refractivity contribution in [2.45, 2.75) is 39.7 Å². The molecule has 0 amide bonds. The minimum Gasteiger partial charge on any atom is -0.314 e. The average molecular weight is 269 g/mol. The van der Waals surface area contributed by atoms with Gasteiger partial charge in [0.2, 0.25) is 0 Å². The fraction of sp³-hybridized carbons (Fsp3) is 0.533. The van der Waals surface area contributed by atoms with Crippen molar-refractivity contribution in [1.82, 2.24) is 5.06 Å². The second-order valence-corrected chi connectivity index (χ2v) is 6.27. The smallest absolute Gasteiger partial charge is 0.0564 e. The minimum absolute atomic E-state index is 0.0422. The highest BCUT2D eigenvalue weighted by Crippen LogP contribution is 2.16. The summed E-state index contributed by atoms with van der Waals surface area (Å²) in [5.41, 5.74) is 2.10. The maximum Gasteiger partial charge on any atom is 0.0564 e. The van der Waals surface area contributed by atoms with Gasteiger partial charge in [-0.05, 0) is 43.9 Å². The lowest BCUT2D eigenvalue weighted by atomic mass is 10.0. The predicted molar refractivity (Wildman–Crippen MR) is 85.5 cm³/mol. The molecule has 0 radical (unpaired) electrons. The number of nitrogens with zero attached hydrogens (tertiary/aromatic N) is 1. The molecule has 1 N–H and O–H groups in total. The third-order valence-electron chi connectivity index (χ3n) is 2.87. The van der Waals surface area contributed by atoms with E-state index < -0.39 is 0 Å². The summed E-state index contributed by atoms with van der Waals surface area (Å²) in [6.45, 7) is 10.2. The summed E-state index contributed by atoms with van der Waals surface area (Å²) in [4.78, 5) is 0. The van der Waals surface area contributed by atoms with Gasteiger partial charge in [0, 0.05) is 7.05 Å². The number of hydroxylamine groups is 2. The molecule has 104 valence electrons. The Balaban J connectivity index is 4.36. The van der Waals surface area contributed by atoms with Crippen molar-refractivity contribution >= 4 is 15.9 Å². The summed E-state index contributed by atoms with van der Waals surface area (Å²) in [5, 5.41) is 15.1. The van der Waals surface area contributed by atoms with Gasteiger partial charge in [0.1, 0.15) is 0 Å². The standard InChI is InChI=1S/C15H27NOS/c1-7-11-18(6)12-9-8-10-13(2)14(3)15(4)16(5)17/h9-12,15,17H,3,7-8H2,1-2,4-6H3/b12-9-,13-10-. The first kappa shape index (κ1) is 17.4. The minimum atomic E-state index is -0.0422. The Kier molecular flexibility index (Phi) is 8.98. The maximum atomic E-state index is 9.37. The third-order valence-corrected chi connectivity index (χ3v) is 4.35. The zero-order valence-corrected chi connectivity index (χ0v) is 13.1. The van der Waals surface area contributed by atoms with E-state index in [1.807, 2.05) is 13.8 Å². The van der Waals surface area contributed by atoms with Crippen molar-refractivity contribution in [3.63, 3.8) is 0 Å². The van der Waals surface area contributed by atoms with E-state index in [1.54, 1.807) is 7.05 Å². The van der Waals surface area contributed by atoms with E-state index >= 15 is 0 Å². The van der Waals surface area contributed by atoms with Gasteiger partial charge in [0.15, 0.2) is 0 Å².